The van der Waals surface area contributed by atoms with E-state index in [9.17, 15) is 19.2 Å². The summed E-state index contributed by atoms with van der Waals surface area (Å²) in [6.07, 6.45) is 1.68. The van der Waals surface area contributed by atoms with Gasteiger partial charge in [0, 0.05) is 5.69 Å². The van der Waals surface area contributed by atoms with Gasteiger partial charge in [-0.2, -0.15) is 0 Å². The van der Waals surface area contributed by atoms with Crippen LogP contribution in [0.15, 0.2) is 82.0 Å². The standard InChI is InChI=1S/C30H26N2O7/c1-2-3-16-37-30(36)19-8-12-20(13-9-19)32-26(18-10-14-21(15-11-18)38-17-24(31)33)25-27(34)22-6-4-5-7-23(22)39-28(25)29(32)35/h4-15,26H,2-3,16-17H2,1H3,(H2,31,33). The molecule has 0 aliphatic carbocycles. The minimum atomic E-state index is -0.805. The number of para-hydroxylation sites is 1. The zero-order valence-corrected chi connectivity index (χ0v) is 21.2. The number of hydrogen-bond donors (Lipinski definition) is 1. The highest BCUT2D eigenvalue weighted by molar-refractivity contribution is 6.10. The number of carbonyl (C=O) groups excluding carboxylic acids is 3. The number of nitrogens with zero attached hydrogens (tertiary/aromatic N) is 1. The van der Waals surface area contributed by atoms with E-state index < -0.39 is 23.8 Å². The van der Waals surface area contributed by atoms with Crippen LogP contribution in [0.3, 0.4) is 0 Å². The van der Waals surface area contributed by atoms with Crippen molar-refractivity contribution in [3.05, 3.63) is 105 Å². The molecule has 0 saturated carbocycles. The van der Waals surface area contributed by atoms with Crippen LogP contribution in [0.5, 0.6) is 5.75 Å². The summed E-state index contributed by atoms with van der Waals surface area (Å²) in [7, 11) is 0. The molecule has 0 radical (unpaired) electrons. The second-order valence-corrected chi connectivity index (χ2v) is 9.11. The Balaban J connectivity index is 1.57. The number of benzene rings is 3. The summed E-state index contributed by atoms with van der Waals surface area (Å²) in [4.78, 5) is 52.3. The van der Waals surface area contributed by atoms with Crippen molar-refractivity contribution in [1.29, 1.82) is 0 Å². The van der Waals surface area contributed by atoms with Crippen LogP contribution in [-0.2, 0) is 9.53 Å². The van der Waals surface area contributed by atoms with Gasteiger partial charge in [0.2, 0.25) is 5.76 Å². The van der Waals surface area contributed by atoms with E-state index in [4.69, 9.17) is 19.6 Å². The van der Waals surface area contributed by atoms with Gasteiger partial charge in [0.15, 0.2) is 12.0 Å². The van der Waals surface area contributed by atoms with Gasteiger partial charge in [0.1, 0.15) is 11.3 Å². The Labute approximate surface area is 223 Å². The van der Waals surface area contributed by atoms with Crippen LogP contribution in [0.2, 0.25) is 0 Å². The summed E-state index contributed by atoms with van der Waals surface area (Å²) in [5.74, 6) is -1.17. The fourth-order valence-corrected chi connectivity index (χ4v) is 4.55. The Morgan fingerprint density at radius 2 is 1.69 bits per heavy atom. The van der Waals surface area contributed by atoms with Crippen LogP contribution in [0.25, 0.3) is 11.0 Å². The van der Waals surface area contributed by atoms with E-state index in [2.05, 4.69) is 0 Å². The number of ether oxygens (including phenoxy) is 2. The average molecular weight is 527 g/mol. The maximum atomic E-state index is 13.7. The minimum absolute atomic E-state index is 0.0409. The van der Waals surface area contributed by atoms with Crippen molar-refractivity contribution in [3.63, 3.8) is 0 Å². The van der Waals surface area contributed by atoms with Crippen molar-refractivity contribution in [3.8, 4) is 5.75 Å². The van der Waals surface area contributed by atoms with Crippen LogP contribution >= 0.6 is 0 Å². The van der Waals surface area contributed by atoms with Crippen LogP contribution in [-0.4, -0.2) is 31.0 Å². The maximum absolute atomic E-state index is 13.7. The van der Waals surface area contributed by atoms with Gasteiger partial charge in [0.05, 0.1) is 29.2 Å². The SMILES string of the molecule is CCCCOC(=O)c1ccc(N2C(=O)c3oc4ccccc4c(=O)c3C2c2ccc(OCC(N)=O)cc2)cc1. The van der Waals surface area contributed by atoms with Crippen molar-refractivity contribution >= 4 is 34.4 Å². The van der Waals surface area contributed by atoms with Gasteiger partial charge in [-0.15, -0.1) is 0 Å². The molecule has 39 heavy (non-hydrogen) atoms. The number of rotatable bonds is 9. The molecule has 1 aliphatic rings. The zero-order chi connectivity index (χ0) is 27.5. The molecule has 0 bridgehead atoms. The molecule has 2 amide bonds. The summed E-state index contributed by atoms with van der Waals surface area (Å²) < 4.78 is 16.6. The first-order chi connectivity index (χ1) is 18.9. The van der Waals surface area contributed by atoms with E-state index in [1.54, 1.807) is 72.8 Å². The van der Waals surface area contributed by atoms with E-state index >= 15 is 0 Å². The summed E-state index contributed by atoms with van der Waals surface area (Å²) >= 11 is 0. The first-order valence-electron chi connectivity index (χ1n) is 12.6. The van der Waals surface area contributed by atoms with Crippen molar-refractivity contribution in [2.24, 2.45) is 5.73 Å². The molecule has 0 saturated heterocycles. The van der Waals surface area contributed by atoms with Crippen LogP contribution < -0.4 is 20.8 Å². The molecule has 0 fully saturated rings. The van der Waals surface area contributed by atoms with Gasteiger partial charge >= 0.3 is 5.97 Å². The Bertz CT molecular complexity index is 1610. The van der Waals surface area contributed by atoms with Crippen LogP contribution in [0.1, 0.15) is 57.8 Å². The van der Waals surface area contributed by atoms with E-state index in [1.807, 2.05) is 6.92 Å². The average Bonchev–Trinajstić information content (AvgIpc) is 3.24. The highest BCUT2D eigenvalue weighted by atomic mass is 16.5. The van der Waals surface area contributed by atoms with Gasteiger partial charge in [-0.05, 0) is 60.5 Å². The first-order valence-corrected chi connectivity index (χ1v) is 12.6. The van der Waals surface area contributed by atoms with Crippen molar-refractivity contribution in [2.45, 2.75) is 25.8 Å². The zero-order valence-electron chi connectivity index (χ0n) is 21.2. The molecule has 2 N–H and O–H groups in total. The van der Waals surface area contributed by atoms with E-state index in [0.717, 1.165) is 12.8 Å². The van der Waals surface area contributed by atoms with Crippen molar-refractivity contribution < 1.29 is 28.3 Å². The molecule has 4 aromatic rings. The molecule has 9 heteroatoms. The number of esters is 1. The third-order valence-corrected chi connectivity index (χ3v) is 6.47. The number of anilines is 1. The number of hydrogen-bond acceptors (Lipinski definition) is 7. The van der Waals surface area contributed by atoms with Crippen molar-refractivity contribution in [1.82, 2.24) is 0 Å². The smallest absolute Gasteiger partial charge is 0.338 e. The third-order valence-electron chi connectivity index (χ3n) is 6.47. The van der Waals surface area contributed by atoms with E-state index in [0.29, 0.717) is 40.1 Å². The molecular formula is C30H26N2O7. The number of carbonyl (C=O) groups is 3. The quantitative estimate of drug-likeness (QED) is 0.253. The molecule has 1 unspecified atom stereocenters. The molecule has 0 spiro atoms. The lowest BCUT2D eigenvalue weighted by molar-refractivity contribution is -0.119. The van der Waals surface area contributed by atoms with E-state index in [-0.39, 0.29) is 23.4 Å². The number of unbranched alkanes of at least 4 members (excludes halogenated alkanes) is 1. The Morgan fingerprint density at radius 3 is 2.38 bits per heavy atom. The summed E-state index contributed by atoms with van der Waals surface area (Å²) in [5, 5.41) is 0.363. The normalized spacial score (nSPS) is 14.3. The van der Waals surface area contributed by atoms with Gasteiger partial charge < -0.3 is 19.6 Å². The lowest BCUT2D eigenvalue weighted by Gasteiger charge is -2.25. The van der Waals surface area contributed by atoms with E-state index in [1.165, 1.54) is 4.90 Å². The highest BCUT2D eigenvalue weighted by Gasteiger charge is 2.43. The Hall–Kier alpha value is -4.92. The lowest BCUT2D eigenvalue weighted by atomic mass is 9.98. The molecular weight excluding hydrogens is 500 g/mol. The molecule has 1 atom stereocenters. The van der Waals surface area contributed by atoms with Crippen LogP contribution in [0.4, 0.5) is 5.69 Å². The fourth-order valence-electron chi connectivity index (χ4n) is 4.55. The second-order valence-electron chi connectivity index (χ2n) is 9.11. The van der Waals surface area contributed by atoms with Gasteiger partial charge in [-0.1, -0.05) is 37.6 Å². The monoisotopic (exact) mass is 526 g/mol. The molecule has 9 nitrogen and oxygen atoms in total. The summed E-state index contributed by atoms with van der Waals surface area (Å²) in [6.45, 7) is 2.06. The molecule has 1 aliphatic heterocycles. The molecule has 2 heterocycles. The minimum Gasteiger partial charge on any atom is -0.484 e. The predicted octanol–water partition coefficient (Wildman–Crippen LogP) is 4.36. The van der Waals surface area contributed by atoms with Gasteiger partial charge in [-0.25, -0.2) is 4.79 Å². The van der Waals surface area contributed by atoms with Crippen LogP contribution in [0, 0.1) is 0 Å². The molecule has 1 aromatic heterocycles. The molecule has 5 rings (SSSR count). The predicted molar refractivity (Wildman–Crippen MR) is 144 cm³/mol. The van der Waals surface area contributed by atoms with Gasteiger partial charge in [-0.3, -0.25) is 19.3 Å². The molecule has 3 aromatic carbocycles. The first kappa shape index (κ1) is 25.7. The maximum Gasteiger partial charge on any atom is 0.338 e. The second kappa shape index (κ2) is 10.8. The summed E-state index contributed by atoms with van der Waals surface area (Å²) in [5.41, 5.74) is 6.83. The Morgan fingerprint density at radius 1 is 0.974 bits per heavy atom. The fraction of sp³-hybridized carbons (Fsp3) is 0.200. The number of fused-ring (bicyclic) bond motifs is 2. The largest absolute Gasteiger partial charge is 0.484 e. The van der Waals surface area contributed by atoms with Gasteiger partial charge in [0.25, 0.3) is 11.8 Å². The molecule has 198 valence electrons. The Kier molecular flexibility index (Phi) is 7.14. The highest BCUT2D eigenvalue weighted by Crippen LogP contribution is 2.41. The van der Waals surface area contributed by atoms with Crippen molar-refractivity contribution in [2.75, 3.05) is 18.1 Å². The third kappa shape index (κ3) is 4.98. The number of primary amides is 1. The number of amides is 2. The lowest BCUT2D eigenvalue weighted by Crippen LogP contribution is -2.29. The topological polar surface area (TPSA) is 129 Å². The summed E-state index contributed by atoms with van der Waals surface area (Å²) in [6, 6.07) is 19.1. The number of nitrogens with two attached hydrogens (primary N) is 1.